The predicted octanol–water partition coefficient (Wildman–Crippen LogP) is 8.03. The Hall–Kier alpha value is -2.89. The van der Waals surface area contributed by atoms with E-state index in [0.29, 0.717) is 22.6 Å². The fourth-order valence-corrected chi connectivity index (χ4v) is 3.63. The molecule has 0 aromatic heterocycles. The lowest BCUT2D eigenvalue weighted by molar-refractivity contribution is 0.103. The van der Waals surface area contributed by atoms with Gasteiger partial charge < -0.3 is 9.47 Å². The monoisotopic (exact) mass is 522 g/mol. The molecule has 0 aliphatic rings. The van der Waals surface area contributed by atoms with Crippen LogP contribution in [0.1, 0.15) is 15.9 Å². The van der Waals surface area contributed by atoms with Crippen LogP contribution in [0.4, 0.5) is 0 Å². The summed E-state index contributed by atoms with van der Waals surface area (Å²) in [4.78, 5) is 12.8. The van der Waals surface area contributed by atoms with E-state index in [1.807, 2.05) is 66.7 Å². The summed E-state index contributed by atoms with van der Waals surface area (Å²) in [5, 5.41) is 0. The third-order valence-electron chi connectivity index (χ3n) is 4.33. The first kappa shape index (κ1) is 20.4. The highest BCUT2D eigenvalue weighted by molar-refractivity contribution is 9.11. The van der Waals surface area contributed by atoms with Gasteiger partial charge in [-0.3, -0.25) is 4.79 Å². The number of rotatable bonds is 6. The van der Waals surface area contributed by atoms with Crippen molar-refractivity contribution in [3.8, 4) is 23.0 Å². The standard InChI is InChI=1S/C25H16Br2O3/c26-18-8-15-24(27)23(16-18)25(28)17-6-9-20(10-7-17)30-22-13-11-21(12-14-22)29-19-4-2-1-3-5-19/h1-16H. The van der Waals surface area contributed by atoms with Crippen LogP contribution in [-0.4, -0.2) is 5.78 Å². The van der Waals surface area contributed by atoms with Crippen LogP contribution in [0.25, 0.3) is 0 Å². The summed E-state index contributed by atoms with van der Waals surface area (Å²) >= 11 is 6.84. The van der Waals surface area contributed by atoms with E-state index < -0.39 is 0 Å². The van der Waals surface area contributed by atoms with Crippen molar-refractivity contribution in [2.24, 2.45) is 0 Å². The number of halogens is 2. The zero-order chi connectivity index (χ0) is 20.9. The summed E-state index contributed by atoms with van der Waals surface area (Å²) in [5.74, 6) is 2.79. The molecule has 30 heavy (non-hydrogen) atoms. The van der Waals surface area contributed by atoms with Crippen LogP contribution in [0.2, 0.25) is 0 Å². The number of ketones is 1. The molecule has 0 spiro atoms. The molecule has 0 aliphatic carbocycles. The maximum absolute atomic E-state index is 12.8. The van der Waals surface area contributed by atoms with E-state index >= 15 is 0 Å². The van der Waals surface area contributed by atoms with Crippen LogP contribution < -0.4 is 9.47 Å². The lowest BCUT2D eigenvalue weighted by Crippen LogP contribution is -2.02. The second-order valence-electron chi connectivity index (χ2n) is 6.47. The number of hydrogen-bond donors (Lipinski definition) is 0. The quantitative estimate of drug-likeness (QED) is 0.240. The molecule has 0 radical (unpaired) electrons. The molecule has 0 amide bonds. The molecule has 0 saturated heterocycles. The van der Waals surface area contributed by atoms with Crippen LogP contribution in [0.3, 0.4) is 0 Å². The van der Waals surface area contributed by atoms with Crippen molar-refractivity contribution in [3.63, 3.8) is 0 Å². The lowest BCUT2D eigenvalue weighted by Gasteiger charge is -2.09. The van der Waals surface area contributed by atoms with E-state index in [4.69, 9.17) is 9.47 Å². The smallest absolute Gasteiger partial charge is 0.194 e. The first-order valence-electron chi connectivity index (χ1n) is 9.19. The Morgan fingerprint density at radius 3 is 1.67 bits per heavy atom. The minimum atomic E-state index is -0.0582. The van der Waals surface area contributed by atoms with Gasteiger partial charge in [-0.2, -0.15) is 0 Å². The summed E-state index contributed by atoms with van der Waals surface area (Å²) < 4.78 is 13.3. The Balaban J connectivity index is 1.43. The van der Waals surface area contributed by atoms with Crippen molar-refractivity contribution < 1.29 is 14.3 Å². The van der Waals surface area contributed by atoms with Crippen LogP contribution in [0.5, 0.6) is 23.0 Å². The molecule has 5 heteroatoms. The minimum Gasteiger partial charge on any atom is -0.457 e. The maximum Gasteiger partial charge on any atom is 0.194 e. The molecule has 0 atom stereocenters. The molecule has 0 bridgehead atoms. The first-order valence-corrected chi connectivity index (χ1v) is 10.8. The van der Waals surface area contributed by atoms with Crippen molar-refractivity contribution >= 4 is 37.6 Å². The lowest BCUT2D eigenvalue weighted by atomic mass is 10.0. The fraction of sp³-hybridized carbons (Fsp3) is 0. The maximum atomic E-state index is 12.8. The van der Waals surface area contributed by atoms with Crippen LogP contribution in [-0.2, 0) is 0 Å². The van der Waals surface area contributed by atoms with Gasteiger partial charge in [0.15, 0.2) is 5.78 Å². The highest BCUT2D eigenvalue weighted by Gasteiger charge is 2.13. The third-order valence-corrected chi connectivity index (χ3v) is 5.51. The molecule has 4 aromatic rings. The molecule has 3 nitrogen and oxygen atoms in total. The molecular formula is C25H16Br2O3. The van der Waals surface area contributed by atoms with Crippen molar-refractivity contribution in [3.05, 3.63) is 117 Å². The van der Waals surface area contributed by atoms with Gasteiger partial charge in [-0.05, 0) is 78.9 Å². The topological polar surface area (TPSA) is 35.5 Å². The second kappa shape index (κ2) is 9.28. The summed E-state index contributed by atoms with van der Waals surface area (Å²) in [5.41, 5.74) is 1.19. The Bertz CT molecular complexity index is 1160. The summed E-state index contributed by atoms with van der Waals surface area (Å²) in [6, 6.07) is 29.6. The number of carbonyl (C=O) groups excluding carboxylic acids is 1. The fourth-order valence-electron chi connectivity index (χ4n) is 2.84. The van der Waals surface area contributed by atoms with Crippen molar-refractivity contribution in [2.75, 3.05) is 0 Å². The van der Waals surface area contributed by atoms with E-state index in [2.05, 4.69) is 31.9 Å². The van der Waals surface area contributed by atoms with Crippen molar-refractivity contribution in [1.82, 2.24) is 0 Å². The van der Waals surface area contributed by atoms with Gasteiger partial charge in [0, 0.05) is 20.1 Å². The Kier molecular flexibility index (Phi) is 6.31. The molecule has 4 rings (SSSR count). The molecule has 0 unspecified atom stereocenters. The molecule has 0 N–H and O–H groups in total. The van der Waals surface area contributed by atoms with Gasteiger partial charge in [-0.25, -0.2) is 0 Å². The third kappa shape index (κ3) is 4.99. The minimum absolute atomic E-state index is 0.0582. The Labute approximate surface area is 191 Å². The number of para-hydroxylation sites is 1. The average Bonchev–Trinajstić information content (AvgIpc) is 2.77. The highest BCUT2D eigenvalue weighted by atomic mass is 79.9. The Morgan fingerprint density at radius 1 is 0.600 bits per heavy atom. The molecular weight excluding hydrogens is 508 g/mol. The molecule has 0 saturated carbocycles. The van der Waals surface area contributed by atoms with Gasteiger partial charge in [-0.1, -0.05) is 50.1 Å². The SMILES string of the molecule is O=C(c1ccc(Oc2ccc(Oc3ccccc3)cc2)cc1)c1cc(Br)ccc1Br. The molecule has 4 aromatic carbocycles. The second-order valence-corrected chi connectivity index (χ2v) is 8.24. The number of benzene rings is 4. The predicted molar refractivity (Wildman–Crippen MR) is 125 cm³/mol. The van der Waals surface area contributed by atoms with Gasteiger partial charge in [0.2, 0.25) is 0 Å². The van der Waals surface area contributed by atoms with Gasteiger partial charge in [0.1, 0.15) is 23.0 Å². The number of carbonyl (C=O) groups is 1. The van der Waals surface area contributed by atoms with Crippen molar-refractivity contribution in [1.29, 1.82) is 0 Å². The Morgan fingerprint density at radius 2 is 1.10 bits per heavy atom. The number of ether oxygens (including phenoxy) is 2. The zero-order valence-corrected chi connectivity index (χ0v) is 18.9. The van der Waals surface area contributed by atoms with Gasteiger partial charge in [0.05, 0.1) is 0 Å². The molecule has 0 heterocycles. The van der Waals surface area contributed by atoms with E-state index in [0.717, 1.165) is 20.4 Å². The number of hydrogen-bond acceptors (Lipinski definition) is 3. The molecule has 0 aliphatic heterocycles. The zero-order valence-electron chi connectivity index (χ0n) is 15.7. The highest BCUT2D eigenvalue weighted by Crippen LogP contribution is 2.28. The van der Waals surface area contributed by atoms with E-state index in [1.165, 1.54) is 0 Å². The van der Waals surface area contributed by atoms with Crippen molar-refractivity contribution in [2.45, 2.75) is 0 Å². The summed E-state index contributed by atoms with van der Waals surface area (Å²) in [7, 11) is 0. The van der Waals surface area contributed by atoms with Gasteiger partial charge >= 0.3 is 0 Å². The van der Waals surface area contributed by atoms with Gasteiger partial charge in [-0.15, -0.1) is 0 Å². The summed E-state index contributed by atoms with van der Waals surface area (Å²) in [6.07, 6.45) is 0. The average molecular weight is 524 g/mol. The van der Waals surface area contributed by atoms with Crippen LogP contribution in [0.15, 0.2) is 106 Å². The largest absolute Gasteiger partial charge is 0.457 e. The van der Waals surface area contributed by atoms with E-state index in [1.54, 1.807) is 30.3 Å². The van der Waals surface area contributed by atoms with Crippen LogP contribution in [0, 0.1) is 0 Å². The summed E-state index contributed by atoms with van der Waals surface area (Å²) in [6.45, 7) is 0. The normalized spacial score (nSPS) is 10.5. The molecule has 0 fully saturated rings. The van der Waals surface area contributed by atoms with Gasteiger partial charge in [0.25, 0.3) is 0 Å². The van der Waals surface area contributed by atoms with Crippen LogP contribution >= 0.6 is 31.9 Å². The molecule has 148 valence electrons. The van der Waals surface area contributed by atoms with E-state index in [9.17, 15) is 4.79 Å². The first-order chi connectivity index (χ1) is 14.6. The van der Waals surface area contributed by atoms with E-state index in [-0.39, 0.29) is 5.78 Å².